The first-order valence-corrected chi connectivity index (χ1v) is 6.14. The number of rotatable bonds is 6. The lowest BCUT2D eigenvalue weighted by Gasteiger charge is -2.23. The number of hydrogen-bond acceptors (Lipinski definition) is 2. The van der Waals surface area contributed by atoms with Crippen LogP contribution in [0.5, 0.6) is 0 Å². The van der Waals surface area contributed by atoms with Gasteiger partial charge in [0.2, 0.25) is 0 Å². The lowest BCUT2D eigenvalue weighted by molar-refractivity contribution is 0.0232. The van der Waals surface area contributed by atoms with Crippen LogP contribution in [-0.4, -0.2) is 22.4 Å². The Hall–Kier alpha value is -1.56. The molecule has 2 heteroatoms. The van der Waals surface area contributed by atoms with Crippen molar-refractivity contribution in [2.75, 3.05) is 6.61 Å². The van der Waals surface area contributed by atoms with Gasteiger partial charge in [0.05, 0.1) is 5.60 Å². The van der Waals surface area contributed by atoms with E-state index in [1.54, 1.807) is 6.92 Å². The van der Waals surface area contributed by atoms with E-state index in [1.165, 1.54) is 0 Å². The molecule has 96 valence electrons. The highest BCUT2D eigenvalue weighted by Gasteiger charge is 2.23. The Morgan fingerprint density at radius 2 is 2.00 bits per heavy atom. The van der Waals surface area contributed by atoms with Crippen molar-refractivity contribution < 1.29 is 10.2 Å². The zero-order valence-corrected chi connectivity index (χ0v) is 10.8. The number of benzene rings is 1. The molecule has 1 unspecified atom stereocenters. The molecule has 0 fully saturated rings. The van der Waals surface area contributed by atoms with Crippen LogP contribution in [0.1, 0.15) is 31.7 Å². The van der Waals surface area contributed by atoms with Crippen LogP contribution >= 0.6 is 0 Å². The van der Waals surface area contributed by atoms with Gasteiger partial charge in [-0.2, -0.15) is 0 Å². The predicted octanol–water partition coefficient (Wildman–Crippen LogP) is 2.62. The van der Waals surface area contributed by atoms with Crippen molar-refractivity contribution in [3.8, 4) is 11.8 Å². The minimum absolute atomic E-state index is 0.0267. The molecule has 1 aromatic rings. The second kappa shape index (κ2) is 7.71. The number of aliphatic hydroxyl groups excluding tert-OH is 1. The van der Waals surface area contributed by atoms with Crippen molar-refractivity contribution in [3.05, 3.63) is 42.0 Å². The number of aliphatic hydroxyl groups is 2. The van der Waals surface area contributed by atoms with E-state index in [0.717, 1.165) is 5.56 Å². The van der Waals surface area contributed by atoms with Gasteiger partial charge in [-0.1, -0.05) is 42.5 Å². The molecule has 2 N–H and O–H groups in total. The van der Waals surface area contributed by atoms with Crippen molar-refractivity contribution in [2.45, 2.75) is 31.8 Å². The topological polar surface area (TPSA) is 40.5 Å². The quantitative estimate of drug-likeness (QED) is 0.755. The van der Waals surface area contributed by atoms with E-state index in [2.05, 4.69) is 11.8 Å². The summed E-state index contributed by atoms with van der Waals surface area (Å²) in [5.74, 6) is 5.65. The van der Waals surface area contributed by atoms with Crippen molar-refractivity contribution >= 4 is 6.08 Å². The van der Waals surface area contributed by atoms with Crippen LogP contribution in [0.2, 0.25) is 0 Å². The Labute approximate surface area is 109 Å². The normalized spacial score (nSPS) is 13.9. The Kier molecular flexibility index (Phi) is 6.21. The third kappa shape index (κ3) is 5.18. The fraction of sp³-hybridized carbons (Fsp3) is 0.375. The standard InChI is InChI=1S/C16H20O2/c1-2-3-11-16(18,13-14-17)12-7-10-15-8-5-4-6-9-15/h4-10,17-18H,11-14H2,1H3/b10-7+. The van der Waals surface area contributed by atoms with Gasteiger partial charge in [-0.15, -0.1) is 11.8 Å². The summed E-state index contributed by atoms with van der Waals surface area (Å²) in [7, 11) is 0. The van der Waals surface area contributed by atoms with Crippen molar-refractivity contribution in [1.82, 2.24) is 0 Å². The summed E-state index contributed by atoms with van der Waals surface area (Å²) >= 11 is 0. The highest BCUT2D eigenvalue weighted by molar-refractivity contribution is 5.48. The van der Waals surface area contributed by atoms with Gasteiger partial charge in [-0.05, 0) is 18.9 Å². The summed E-state index contributed by atoms with van der Waals surface area (Å²) in [6, 6.07) is 9.93. The maximum absolute atomic E-state index is 10.3. The largest absolute Gasteiger partial charge is 0.396 e. The Balaban J connectivity index is 2.61. The lowest BCUT2D eigenvalue weighted by Crippen LogP contribution is -2.28. The minimum atomic E-state index is -0.928. The van der Waals surface area contributed by atoms with Crippen LogP contribution < -0.4 is 0 Å². The van der Waals surface area contributed by atoms with Gasteiger partial charge in [-0.3, -0.25) is 0 Å². The van der Waals surface area contributed by atoms with Gasteiger partial charge >= 0.3 is 0 Å². The molecule has 18 heavy (non-hydrogen) atoms. The first-order chi connectivity index (χ1) is 8.70. The smallest absolute Gasteiger partial charge is 0.0812 e. The van der Waals surface area contributed by atoms with Gasteiger partial charge < -0.3 is 10.2 Å². The van der Waals surface area contributed by atoms with Gasteiger partial charge in [-0.25, -0.2) is 0 Å². The molecule has 1 aromatic carbocycles. The van der Waals surface area contributed by atoms with E-state index in [1.807, 2.05) is 42.5 Å². The fourth-order valence-corrected chi connectivity index (χ4v) is 1.70. The third-order valence-electron chi connectivity index (χ3n) is 2.78. The zero-order valence-electron chi connectivity index (χ0n) is 10.8. The molecule has 2 nitrogen and oxygen atoms in total. The first kappa shape index (κ1) is 14.5. The average Bonchev–Trinajstić information content (AvgIpc) is 2.38. The van der Waals surface area contributed by atoms with Crippen LogP contribution in [0, 0.1) is 11.8 Å². The summed E-state index contributed by atoms with van der Waals surface area (Å²) in [5.41, 5.74) is 0.175. The molecule has 1 atom stereocenters. The van der Waals surface area contributed by atoms with E-state index >= 15 is 0 Å². The van der Waals surface area contributed by atoms with E-state index in [9.17, 15) is 5.11 Å². The van der Waals surface area contributed by atoms with Crippen molar-refractivity contribution in [2.24, 2.45) is 0 Å². The van der Waals surface area contributed by atoms with Gasteiger partial charge in [0.25, 0.3) is 0 Å². The molecule has 0 saturated carbocycles. The van der Waals surface area contributed by atoms with Crippen molar-refractivity contribution in [3.63, 3.8) is 0 Å². The molecule has 0 spiro atoms. The molecule has 0 saturated heterocycles. The van der Waals surface area contributed by atoms with Crippen LogP contribution in [0.4, 0.5) is 0 Å². The molecular formula is C16H20O2. The van der Waals surface area contributed by atoms with Crippen LogP contribution in [0.3, 0.4) is 0 Å². The maximum Gasteiger partial charge on any atom is 0.0812 e. The van der Waals surface area contributed by atoms with E-state index in [4.69, 9.17) is 5.11 Å². The molecular weight excluding hydrogens is 224 g/mol. The highest BCUT2D eigenvalue weighted by atomic mass is 16.3. The summed E-state index contributed by atoms with van der Waals surface area (Å²) in [4.78, 5) is 0. The first-order valence-electron chi connectivity index (χ1n) is 6.14. The van der Waals surface area contributed by atoms with Gasteiger partial charge in [0, 0.05) is 19.4 Å². The molecule has 0 aliphatic carbocycles. The lowest BCUT2D eigenvalue weighted by atomic mass is 9.92. The second-order valence-corrected chi connectivity index (χ2v) is 4.32. The number of hydrogen-bond donors (Lipinski definition) is 2. The van der Waals surface area contributed by atoms with E-state index in [-0.39, 0.29) is 6.61 Å². The molecule has 0 aliphatic rings. The van der Waals surface area contributed by atoms with Crippen LogP contribution in [0.15, 0.2) is 36.4 Å². The zero-order chi connectivity index (χ0) is 13.3. The molecule has 0 aliphatic heterocycles. The summed E-state index contributed by atoms with van der Waals surface area (Å²) < 4.78 is 0. The summed E-state index contributed by atoms with van der Waals surface area (Å²) in [6.45, 7) is 1.72. The second-order valence-electron chi connectivity index (χ2n) is 4.32. The fourth-order valence-electron chi connectivity index (χ4n) is 1.70. The van der Waals surface area contributed by atoms with E-state index in [0.29, 0.717) is 19.3 Å². The molecule has 0 radical (unpaired) electrons. The SMILES string of the molecule is CC#CCC(O)(C/C=C/c1ccccc1)CCO. The van der Waals surface area contributed by atoms with E-state index < -0.39 is 5.60 Å². The van der Waals surface area contributed by atoms with Crippen LogP contribution in [-0.2, 0) is 0 Å². The molecule has 0 bridgehead atoms. The molecule has 0 heterocycles. The summed E-state index contributed by atoms with van der Waals surface area (Å²) in [5, 5.41) is 19.3. The minimum Gasteiger partial charge on any atom is -0.396 e. The average molecular weight is 244 g/mol. The third-order valence-corrected chi connectivity index (χ3v) is 2.78. The molecule has 0 aromatic heterocycles. The Morgan fingerprint density at radius 3 is 2.61 bits per heavy atom. The highest BCUT2D eigenvalue weighted by Crippen LogP contribution is 2.20. The summed E-state index contributed by atoms with van der Waals surface area (Å²) in [6.07, 6.45) is 5.14. The maximum atomic E-state index is 10.3. The Morgan fingerprint density at radius 1 is 1.28 bits per heavy atom. The predicted molar refractivity (Wildman–Crippen MR) is 74.8 cm³/mol. The molecule has 1 rings (SSSR count). The van der Waals surface area contributed by atoms with Gasteiger partial charge in [0.15, 0.2) is 0 Å². The monoisotopic (exact) mass is 244 g/mol. The molecule has 0 amide bonds. The Bertz CT molecular complexity index is 425. The van der Waals surface area contributed by atoms with Crippen molar-refractivity contribution in [1.29, 1.82) is 0 Å². The van der Waals surface area contributed by atoms with Crippen LogP contribution in [0.25, 0.3) is 6.08 Å². The van der Waals surface area contributed by atoms with Gasteiger partial charge in [0.1, 0.15) is 0 Å².